The van der Waals surface area contributed by atoms with Crippen LogP contribution in [0.1, 0.15) is 194 Å². The third-order valence-corrected chi connectivity index (χ3v) is 8.63. The fourth-order valence-corrected chi connectivity index (χ4v) is 5.63. The van der Waals surface area contributed by atoms with Gasteiger partial charge in [-0.3, -0.25) is 0 Å². The summed E-state index contributed by atoms with van der Waals surface area (Å²) in [4.78, 5) is 20.4. The quantitative estimate of drug-likeness (QED) is 0.0375. The van der Waals surface area contributed by atoms with Crippen molar-refractivity contribution in [2.45, 2.75) is 194 Å². The monoisotopic (exact) mass is 708 g/mol. The molecule has 0 rings (SSSR count). The molecule has 0 aromatic rings. The van der Waals surface area contributed by atoms with Crippen molar-refractivity contribution >= 4 is 16.5 Å². The molecule has 0 aromatic heterocycles. The van der Waals surface area contributed by atoms with Crippen molar-refractivity contribution in [3.8, 4) is 0 Å². The molecule has 0 saturated heterocycles. The Labute approximate surface area is 332 Å². The smallest absolute Gasteiger partial charge is 0.781 e. The predicted molar refractivity (Wildman–Crippen MR) is 189 cm³/mol. The molecular formula is C36H72Na2O6P2. The summed E-state index contributed by atoms with van der Waals surface area (Å²) in [6.07, 6.45) is 44.6. The van der Waals surface area contributed by atoms with E-state index < -0.39 is 16.5 Å². The Morgan fingerprint density at radius 1 is 0.391 bits per heavy atom. The molecule has 0 aromatic carbocycles. The van der Waals surface area contributed by atoms with Gasteiger partial charge >= 0.3 is 59.1 Å². The van der Waals surface area contributed by atoms with Gasteiger partial charge < -0.3 is 28.0 Å². The molecule has 0 radical (unpaired) electrons. The van der Waals surface area contributed by atoms with Crippen LogP contribution in [0.3, 0.4) is 0 Å². The van der Waals surface area contributed by atoms with Gasteiger partial charge in [0.2, 0.25) is 0 Å². The standard InChI is InChI=1S/2C18H37O3P.2Na/c2*1-2-3-4-5-6-7-8-9-10-11-12-13-14-15-16-17-18-21-22(19)20;;/h2*9-10,22H,2-8,11-18H2,1H3,(H,19,20);;/q;;2*+1/p-2/b2*10-9-;;. The summed E-state index contributed by atoms with van der Waals surface area (Å²) in [5.41, 5.74) is 0. The number of unbranched alkanes of at least 4 members (excludes halogenated alkanes) is 24. The molecule has 0 aliphatic rings. The molecule has 0 N–H and O–H groups in total. The van der Waals surface area contributed by atoms with Gasteiger partial charge in [0, 0.05) is 0 Å². The first kappa shape index (κ1) is 54.6. The normalized spacial score (nSPS) is 12.4. The molecule has 0 aliphatic heterocycles. The van der Waals surface area contributed by atoms with Crippen molar-refractivity contribution in [3.05, 3.63) is 24.3 Å². The number of allylic oxidation sites excluding steroid dienone is 4. The fraction of sp³-hybridized carbons (Fsp3) is 0.889. The van der Waals surface area contributed by atoms with Crippen LogP contribution in [0.2, 0.25) is 0 Å². The molecule has 0 aliphatic carbocycles. The van der Waals surface area contributed by atoms with Gasteiger partial charge in [0.05, 0.1) is 13.2 Å². The van der Waals surface area contributed by atoms with E-state index in [4.69, 9.17) is 0 Å². The van der Waals surface area contributed by atoms with E-state index in [1.165, 1.54) is 154 Å². The van der Waals surface area contributed by atoms with Crippen LogP contribution in [0.4, 0.5) is 0 Å². The van der Waals surface area contributed by atoms with Gasteiger partial charge in [0.15, 0.2) is 0 Å². The molecule has 0 fully saturated rings. The van der Waals surface area contributed by atoms with E-state index in [0.29, 0.717) is 13.2 Å². The Hall–Kier alpha value is 1.78. The molecule has 264 valence electrons. The van der Waals surface area contributed by atoms with E-state index in [1.807, 2.05) is 0 Å². The van der Waals surface area contributed by atoms with Crippen LogP contribution in [-0.4, -0.2) is 13.2 Å². The summed E-state index contributed by atoms with van der Waals surface area (Å²) in [6, 6.07) is 0. The van der Waals surface area contributed by atoms with Gasteiger partial charge in [-0.2, -0.15) is 0 Å². The van der Waals surface area contributed by atoms with Crippen LogP contribution in [-0.2, 0) is 18.2 Å². The molecule has 0 bridgehead atoms. The fourth-order valence-electron chi connectivity index (χ4n) is 5.01. The summed E-state index contributed by atoms with van der Waals surface area (Å²) < 4.78 is 29.5. The summed E-state index contributed by atoms with van der Waals surface area (Å²) in [6.45, 7) is 5.25. The van der Waals surface area contributed by atoms with Crippen LogP contribution < -0.4 is 68.9 Å². The van der Waals surface area contributed by atoms with Crippen LogP contribution in [0.25, 0.3) is 0 Å². The van der Waals surface area contributed by atoms with Crippen molar-refractivity contribution in [1.29, 1.82) is 0 Å². The summed E-state index contributed by atoms with van der Waals surface area (Å²) in [7, 11) is -5.92. The first-order valence-electron chi connectivity index (χ1n) is 18.5. The SMILES string of the molecule is CCCCCCCC/C=C\CCCCCCCCO[PH](=O)[O-].CCCCCCCC/C=C\CCCCCCCCO[PH](=O)[O-].[Na+].[Na+]. The van der Waals surface area contributed by atoms with E-state index in [0.717, 1.165) is 25.7 Å². The number of rotatable bonds is 34. The maximum Gasteiger partial charge on any atom is 1.00 e. The topological polar surface area (TPSA) is 98.7 Å². The van der Waals surface area contributed by atoms with Crippen LogP contribution >= 0.6 is 16.5 Å². The Morgan fingerprint density at radius 2 is 0.609 bits per heavy atom. The minimum atomic E-state index is -2.96. The van der Waals surface area contributed by atoms with Crippen molar-refractivity contribution in [3.63, 3.8) is 0 Å². The zero-order valence-electron chi connectivity index (χ0n) is 31.0. The molecule has 2 unspecified atom stereocenters. The van der Waals surface area contributed by atoms with Crippen LogP contribution in [0.15, 0.2) is 24.3 Å². The van der Waals surface area contributed by atoms with Gasteiger partial charge in [-0.15, -0.1) is 0 Å². The first-order chi connectivity index (χ1) is 21.5. The Kier molecular flexibility index (Phi) is 60.7. The molecule has 0 heterocycles. The largest absolute Gasteiger partial charge is 1.00 e. The average Bonchev–Trinajstić information content (AvgIpc) is 3.00. The van der Waals surface area contributed by atoms with Crippen molar-refractivity contribution in [2.24, 2.45) is 0 Å². The molecule has 2 atom stereocenters. The Morgan fingerprint density at radius 3 is 0.848 bits per heavy atom. The average molecular weight is 709 g/mol. The van der Waals surface area contributed by atoms with Crippen molar-refractivity contribution in [2.75, 3.05) is 13.2 Å². The van der Waals surface area contributed by atoms with Crippen molar-refractivity contribution in [1.82, 2.24) is 0 Å². The Bertz CT molecular complexity index is 600. The first-order valence-corrected chi connectivity index (χ1v) is 21.0. The van der Waals surface area contributed by atoms with Gasteiger partial charge in [-0.25, -0.2) is 0 Å². The van der Waals surface area contributed by atoms with Crippen molar-refractivity contribution < 1.29 is 87.1 Å². The van der Waals surface area contributed by atoms with Gasteiger partial charge in [0.25, 0.3) is 0 Å². The summed E-state index contributed by atoms with van der Waals surface area (Å²) in [5, 5.41) is 0. The molecule has 0 saturated carbocycles. The molecule has 0 spiro atoms. The second-order valence-electron chi connectivity index (χ2n) is 12.1. The second-order valence-corrected chi connectivity index (χ2v) is 13.6. The Balaban J connectivity index is -0.000000367. The van der Waals surface area contributed by atoms with E-state index in [-0.39, 0.29) is 59.1 Å². The van der Waals surface area contributed by atoms with Crippen LogP contribution in [0.5, 0.6) is 0 Å². The predicted octanol–water partition coefficient (Wildman–Crippen LogP) is 5.59. The molecule has 10 heteroatoms. The second kappa shape index (κ2) is 51.2. The molecule has 6 nitrogen and oxygen atoms in total. The number of hydrogen-bond acceptors (Lipinski definition) is 6. The summed E-state index contributed by atoms with van der Waals surface area (Å²) in [5.74, 6) is 0. The third-order valence-electron chi connectivity index (χ3n) is 7.75. The molecule has 0 amide bonds. The van der Waals surface area contributed by atoms with E-state index in [9.17, 15) is 18.9 Å². The zero-order chi connectivity index (χ0) is 32.6. The maximum atomic E-state index is 10.2. The third kappa shape index (κ3) is 58.0. The van der Waals surface area contributed by atoms with Gasteiger partial charge in [0.1, 0.15) is 16.5 Å². The van der Waals surface area contributed by atoms with E-state index >= 15 is 0 Å². The van der Waals surface area contributed by atoms with Gasteiger partial charge in [-0.1, -0.05) is 154 Å². The zero-order valence-corrected chi connectivity index (χ0v) is 37.0. The maximum absolute atomic E-state index is 10.2. The van der Waals surface area contributed by atoms with E-state index in [2.05, 4.69) is 47.2 Å². The summed E-state index contributed by atoms with van der Waals surface area (Å²) >= 11 is 0. The number of hydrogen-bond donors (Lipinski definition) is 0. The van der Waals surface area contributed by atoms with E-state index in [1.54, 1.807) is 0 Å². The minimum absolute atomic E-state index is 0. The van der Waals surface area contributed by atoms with Crippen LogP contribution in [0, 0.1) is 0 Å². The van der Waals surface area contributed by atoms with Gasteiger partial charge in [-0.05, 0) is 64.2 Å². The molecular weight excluding hydrogens is 636 g/mol. The minimum Gasteiger partial charge on any atom is -0.781 e. The molecule has 46 heavy (non-hydrogen) atoms.